The van der Waals surface area contributed by atoms with Crippen LogP contribution in [0.25, 0.3) is 0 Å². The summed E-state index contributed by atoms with van der Waals surface area (Å²) in [5.41, 5.74) is 0. The smallest absolute Gasteiger partial charge is 0.258 e. The SMILES string of the molecule is O=S(=O)(NCc1nn[nH]n1)c1cnc[nH]1. The predicted molar refractivity (Wildman–Crippen MR) is 46.8 cm³/mol. The molecule has 0 atom stereocenters. The summed E-state index contributed by atoms with van der Waals surface area (Å²) < 4.78 is 25.3. The first-order valence-electron chi connectivity index (χ1n) is 3.89. The van der Waals surface area contributed by atoms with Crippen molar-refractivity contribution in [1.29, 1.82) is 0 Å². The second-order valence-electron chi connectivity index (χ2n) is 2.57. The van der Waals surface area contributed by atoms with E-state index in [-0.39, 0.29) is 17.4 Å². The molecule has 10 heteroatoms. The molecule has 0 spiro atoms. The van der Waals surface area contributed by atoms with Crippen LogP contribution >= 0.6 is 0 Å². The van der Waals surface area contributed by atoms with Gasteiger partial charge in [0.1, 0.15) is 0 Å². The number of H-pyrrole nitrogens is 2. The highest BCUT2D eigenvalue weighted by Gasteiger charge is 2.15. The minimum atomic E-state index is -3.58. The lowest BCUT2D eigenvalue weighted by atomic mass is 10.7. The van der Waals surface area contributed by atoms with Gasteiger partial charge in [0.25, 0.3) is 10.0 Å². The van der Waals surface area contributed by atoms with Crippen LogP contribution in [0.2, 0.25) is 0 Å². The summed E-state index contributed by atoms with van der Waals surface area (Å²) in [6.45, 7) is -0.0299. The lowest BCUT2D eigenvalue weighted by Gasteiger charge is -2.00. The largest absolute Gasteiger partial charge is 0.335 e. The second kappa shape index (κ2) is 3.74. The Balaban J connectivity index is 2.06. The third-order valence-corrected chi connectivity index (χ3v) is 2.90. The van der Waals surface area contributed by atoms with Crippen molar-refractivity contribution in [1.82, 2.24) is 35.3 Å². The number of aromatic amines is 2. The van der Waals surface area contributed by atoms with Gasteiger partial charge in [-0.25, -0.2) is 18.1 Å². The van der Waals surface area contributed by atoms with E-state index in [1.54, 1.807) is 0 Å². The zero-order chi connectivity index (χ0) is 10.7. The van der Waals surface area contributed by atoms with Gasteiger partial charge in [0, 0.05) is 0 Å². The number of hydrogen-bond donors (Lipinski definition) is 3. The van der Waals surface area contributed by atoms with E-state index in [0.29, 0.717) is 0 Å². The van der Waals surface area contributed by atoms with Crippen molar-refractivity contribution in [2.45, 2.75) is 11.6 Å². The third-order valence-electron chi connectivity index (χ3n) is 1.57. The van der Waals surface area contributed by atoms with Crippen LogP contribution in [0.5, 0.6) is 0 Å². The fourth-order valence-electron chi connectivity index (χ4n) is 0.885. The van der Waals surface area contributed by atoms with Gasteiger partial charge in [-0.3, -0.25) is 0 Å². The maximum absolute atomic E-state index is 11.5. The van der Waals surface area contributed by atoms with Gasteiger partial charge in [0.15, 0.2) is 10.9 Å². The van der Waals surface area contributed by atoms with Gasteiger partial charge >= 0.3 is 0 Å². The van der Waals surface area contributed by atoms with E-state index in [2.05, 4.69) is 35.3 Å². The lowest BCUT2D eigenvalue weighted by molar-refractivity contribution is 0.576. The van der Waals surface area contributed by atoms with Crippen molar-refractivity contribution in [3.63, 3.8) is 0 Å². The molecule has 0 aliphatic heterocycles. The molecule has 2 aromatic heterocycles. The Morgan fingerprint density at radius 1 is 1.47 bits per heavy atom. The fourth-order valence-corrected chi connectivity index (χ4v) is 1.77. The average molecular weight is 229 g/mol. The predicted octanol–water partition coefficient (Wildman–Crippen LogP) is -1.60. The van der Waals surface area contributed by atoms with Gasteiger partial charge in [0.05, 0.1) is 19.1 Å². The number of nitrogens with zero attached hydrogens (tertiary/aromatic N) is 4. The van der Waals surface area contributed by atoms with Crippen molar-refractivity contribution in [3.05, 3.63) is 18.3 Å². The van der Waals surface area contributed by atoms with Crippen molar-refractivity contribution in [3.8, 4) is 0 Å². The van der Waals surface area contributed by atoms with Gasteiger partial charge in [-0.1, -0.05) is 5.21 Å². The summed E-state index contributed by atoms with van der Waals surface area (Å²) in [5.74, 6) is 0.262. The van der Waals surface area contributed by atoms with Gasteiger partial charge in [-0.15, -0.1) is 10.2 Å². The summed E-state index contributed by atoms with van der Waals surface area (Å²) >= 11 is 0. The average Bonchev–Trinajstić information content (AvgIpc) is 2.88. The highest BCUT2D eigenvalue weighted by molar-refractivity contribution is 7.89. The molecule has 0 unspecified atom stereocenters. The molecule has 0 fully saturated rings. The van der Waals surface area contributed by atoms with Gasteiger partial charge in [0.2, 0.25) is 0 Å². The Hall–Kier alpha value is -1.81. The number of aromatic nitrogens is 6. The zero-order valence-electron chi connectivity index (χ0n) is 7.38. The number of nitrogens with one attached hydrogen (secondary N) is 3. The maximum Gasteiger partial charge on any atom is 0.258 e. The van der Waals surface area contributed by atoms with Crippen molar-refractivity contribution in [2.75, 3.05) is 0 Å². The molecule has 0 bridgehead atoms. The van der Waals surface area contributed by atoms with Crippen molar-refractivity contribution < 1.29 is 8.42 Å². The van der Waals surface area contributed by atoms with Crippen molar-refractivity contribution in [2.24, 2.45) is 0 Å². The molecular weight excluding hydrogens is 222 g/mol. The first kappa shape index (κ1) is 9.73. The Kier molecular flexibility index (Phi) is 2.43. The summed E-state index contributed by atoms with van der Waals surface area (Å²) in [4.78, 5) is 6.09. The molecule has 0 saturated heterocycles. The maximum atomic E-state index is 11.5. The quantitative estimate of drug-likeness (QED) is 0.579. The van der Waals surface area contributed by atoms with E-state index in [1.807, 2.05) is 0 Å². The van der Waals surface area contributed by atoms with Gasteiger partial charge < -0.3 is 4.98 Å². The van der Waals surface area contributed by atoms with E-state index >= 15 is 0 Å². The van der Waals surface area contributed by atoms with E-state index in [1.165, 1.54) is 12.5 Å². The van der Waals surface area contributed by atoms with E-state index in [0.717, 1.165) is 0 Å². The molecule has 15 heavy (non-hydrogen) atoms. The zero-order valence-corrected chi connectivity index (χ0v) is 8.19. The summed E-state index contributed by atoms with van der Waals surface area (Å²) in [6.07, 6.45) is 2.49. The highest BCUT2D eigenvalue weighted by Crippen LogP contribution is 2.01. The van der Waals surface area contributed by atoms with Crippen molar-refractivity contribution >= 4 is 10.0 Å². The van der Waals surface area contributed by atoms with Crippen LogP contribution in [-0.4, -0.2) is 39.0 Å². The number of hydrogen-bond acceptors (Lipinski definition) is 6. The molecule has 0 radical (unpaired) electrons. The summed E-state index contributed by atoms with van der Waals surface area (Å²) in [5, 5.41) is 12.7. The van der Waals surface area contributed by atoms with Crippen LogP contribution in [0.1, 0.15) is 5.82 Å². The molecule has 0 aromatic carbocycles. The molecule has 0 aliphatic carbocycles. The molecular formula is C5H7N7O2S. The normalized spacial score (nSPS) is 11.7. The minimum Gasteiger partial charge on any atom is -0.335 e. The highest BCUT2D eigenvalue weighted by atomic mass is 32.2. The van der Waals surface area contributed by atoms with Crippen LogP contribution in [0.15, 0.2) is 17.6 Å². The first-order valence-corrected chi connectivity index (χ1v) is 5.37. The van der Waals surface area contributed by atoms with Crippen LogP contribution in [-0.2, 0) is 16.6 Å². The molecule has 9 nitrogen and oxygen atoms in total. The number of rotatable bonds is 4. The fraction of sp³-hybridized carbons (Fsp3) is 0.200. The van der Waals surface area contributed by atoms with Crippen LogP contribution < -0.4 is 4.72 Å². The second-order valence-corrected chi connectivity index (χ2v) is 4.30. The molecule has 2 rings (SSSR count). The number of sulfonamides is 1. The van der Waals surface area contributed by atoms with E-state index in [9.17, 15) is 8.42 Å². The van der Waals surface area contributed by atoms with Gasteiger partial charge in [-0.05, 0) is 0 Å². The topological polar surface area (TPSA) is 129 Å². The number of imidazole rings is 1. The first-order chi connectivity index (χ1) is 7.18. The molecule has 80 valence electrons. The van der Waals surface area contributed by atoms with Gasteiger partial charge in [-0.2, -0.15) is 5.21 Å². The molecule has 2 aromatic rings. The van der Waals surface area contributed by atoms with Crippen LogP contribution in [0.4, 0.5) is 0 Å². The lowest BCUT2D eigenvalue weighted by Crippen LogP contribution is -2.24. The third kappa shape index (κ3) is 2.16. The molecule has 0 aliphatic rings. The molecule has 0 amide bonds. The molecule has 2 heterocycles. The minimum absolute atomic E-state index is 0.00834. The Morgan fingerprint density at radius 2 is 2.33 bits per heavy atom. The molecule has 0 saturated carbocycles. The van der Waals surface area contributed by atoms with Crippen LogP contribution in [0.3, 0.4) is 0 Å². The Bertz CT molecular complexity index is 502. The standard InChI is InChI=1S/C5H7N7O2S/c13-15(14,5-2-6-3-7-5)8-1-4-9-11-12-10-4/h2-3,8H,1H2,(H,6,7)(H,9,10,11,12). The Labute approximate surface area is 84.4 Å². The summed E-state index contributed by atoms with van der Waals surface area (Å²) in [7, 11) is -3.58. The van der Waals surface area contributed by atoms with E-state index < -0.39 is 10.0 Å². The summed E-state index contributed by atoms with van der Waals surface area (Å²) in [6, 6.07) is 0. The monoisotopic (exact) mass is 229 g/mol. The van der Waals surface area contributed by atoms with Crippen LogP contribution in [0, 0.1) is 0 Å². The molecule has 3 N–H and O–H groups in total. The Morgan fingerprint density at radius 3 is 2.93 bits per heavy atom. The van der Waals surface area contributed by atoms with E-state index in [4.69, 9.17) is 0 Å². The number of tetrazole rings is 1.